The van der Waals surface area contributed by atoms with Gasteiger partial charge in [0.05, 0.1) is 8.61 Å². The van der Waals surface area contributed by atoms with Crippen LogP contribution in [0.15, 0.2) is 44.9 Å². The number of fused-ring (bicyclic) bond motifs is 1. The maximum atomic E-state index is 3.80. The summed E-state index contributed by atoms with van der Waals surface area (Å²) in [4.78, 5) is 0.279. The molecule has 0 radical (unpaired) electrons. The molecule has 17 heavy (non-hydrogen) atoms. The van der Waals surface area contributed by atoms with Gasteiger partial charge in [-0.1, -0.05) is 34.1 Å². The Morgan fingerprint density at radius 1 is 1.06 bits per heavy atom. The van der Waals surface area contributed by atoms with Crippen molar-refractivity contribution < 1.29 is 0 Å². The van der Waals surface area contributed by atoms with E-state index in [1.807, 2.05) is 0 Å². The highest BCUT2D eigenvalue weighted by molar-refractivity contribution is 9.11. The van der Waals surface area contributed by atoms with Crippen LogP contribution in [0.5, 0.6) is 0 Å². The maximum absolute atomic E-state index is 3.80. The van der Waals surface area contributed by atoms with Gasteiger partial charge in [0.15, 0.2) is 0 Å². The van der Waals surface area contributed by atoms with Gasteiger partial charge in [-0.15, -0.1) is 22.7 Å². The Labute approximate surface area is 125 Å². The summed E-state index contributed by atoms with van der Waals surface area (Å²) in [5, 5.41) is 5.78. The average molecular weight is 388 g/mol. The van der Waals surface area contributed by atoms with Gasteiger partial charge in [-0.05, 0) is 55.3 Å². The van der Waals surface area contributed by atoms with Crippen molar-refractivity contribution in [1.82, 2.24) is 0 Å². The Kier molecular flexibility index (Phi) is 3.39. The summed E-state index contributed by atoms with van der Waals surface area (Å²) >= 11 is 10.8. The summed E-state index contributed by atoms with van der Waals surface area (Å²) in [5.74, 6) is 0. The van der Waals surface area contributed by atoms with Crippen molar-refractivity contribution in [3.8, 4) is 0 Å². The van der Waals surface area contributed by atoms with E-state index in [1.54, 1.807) is 22.7 Å². The van der Waals surface area contributed by atoms with Gasteiger partial charge >= 0.3 is 0 Å². The van der Waals surface area contributed by atoms with Gasteiger partial charge in [0.2, 0.25) is 0 Å². The number of thiophene rings is 2. The summed E-state index contributed by atoms with van der Waals surface area (Å²) in [6, 6.07) is 10.7. The Bertz CT molecular complexity index is 654. The lowest BCUT2D eigenvalue weighted by Crippen LogP contribution is -1.88. The van der Waals surface area contributed by atoms with Crippen LogP contribution in [-0.2, 0) is 0 Å². The molecule has 0 N–H and O–H groups in total. The van der Waals surface area contributed by atoms with E-state index < -0.39 is 0 Å². The monoisotopic (exact) mass is 386 g/mol. The summed E-state index contributed by atoms with van der Waals surface area (Å²) in [6.45, 7) is 0. The molecule has 0 amide bonds. The minimum atomic E-state index is 0.279. The maximum Gasteiger partial charge on any atom is 0.0701 e. The van der Waals surface area contributed by atoms with E-state index in [-0.39, 0.29) is 4.83 Å². The first-order valence-electron chi connectivity index (χ1n) is 5.10. The van der Waals surface area contributed by atoms with Crippen molar-refractivity contribution in [3.63, 3.8) is 0 Å². The van der Waals surface area contributed by atoms with E-state index in [1.165, 1.54) is 25.0 Å². The van der Waals surface area contributed by atoms with Crippen LogP contribution in [-0.4, -0.2) is 0 Å². The molecule has 0 aliphatic rings. The Morgan fingerprint density at radius 2 is 1.88 bits per heavy atom. The van der Waals surface area contributed by atoms with Crippen molar-refractivity contribution >= 4 is 64.6 Å². The highest BCUT2D eigenvalue weighted by Gasteiger charge is 2.15. The summed E-state index contributed by atoms with van der Waals surface area (Å²) in [5.41, 5.74) is 2.67. The molecule has 3 rings (SSSR count). The summed E-state index contributed by atoms with van der Waals surface area (Å²) in [6.07, 6.45) is 0. The summed E-state index contributed by atoms with van der Waals surface area (Å²) in [7, 11) is 0. The zero-order valence-corrected chi connectivity index (χ0v) is 13.5. The molecule has 1 aromatic carbocycles. The van der Waals surface area contributed by atoms with Crippen LogP contribution < -0.4 is 0 Å². The first-order chi connectivity index (χ1) is 8.25. The van der Waals surface area contributed by atoms with Crippen LogP contribution in [0, 0.1) is 0 Å². The van der Waals surface area contributed by atoms with E-state index in [4.69, 9.17) is 0 Å². The van der Waals surface area contributed by atoms with Gasteiger partial charge in [0, 0.05) is 4.70 Å². The first-order valence-corrected chi connectivity index (χ1v) is 8.56. The van der Waals surface area contributed by atoms with Gasteiger partial charge < -0.3 is 0 Å². The molecule has 0 saturated carbocycles. The average Bonchev–Trinajstić information content (AvgIpc) is 2.94. The lowest BCUT2D eigenvalue weighted by atomic mass is 10.1. The third-order valence-corrected chi connectivity index (χ3v) is 6.19. The Morgan fingerprint density at radius 3 is 2.65 bits per heavy atom. The molecule has 1 unspecified atom stereocenters. The molecular formula is C13H8Br2S2. The molecule has 0 saturated heterocycles. The van der Waals surface area contributed by atoms with Crippen molar-refractivity contribution in [2.75, 3.05) is 0 Å². The van der Waals surface area contributed by atoms with Crippen LogP contribution in [0.1, 0.15) is 16.0 Å². The normalized spacial score (nSPS) is 13.1. The second-order valence-electron chi connectivity index (χ2n) is 3.73. The standard InChI is InChI=1S/C13H8Br2S2/c14-12-5-8(6-17-12)13(15)10-7-16-11-4-2-1-3-9(10)11/h1-7,13H. The Hall–Kier alpha value is -0.160. The molecular weight excluding hydrogens is 380 g/mol. The molecule has 1 atom stereocenters. The molecule has 4 heteroatoms. The number of rotatable bonds is 2. The fourth-order valence-corrected chi connectivity index (χ4v) is 5.01. The number of hydrogen-bond donors (Lipinski definition) is 0. The second-order valence-corrected chi connectivity index (χ2v) is 7.85. The topological polar surface area (TPSA) is 0 Å². The van der Waals surface area contributed by atoms with Crippen molar-refractivity contribution in [2.24, 2.45) is 0 Å². The lowest BCUT2D eigenvalue weighted by Gasteiger charge is -2.06. The third kappa shape index (κ3) is 2.24. The van der Waals surface area contributed by atoms with Crippen molar-refractivity contribution in [1.29, 1.82) is 0 Å². The Balaban J connectivity index is 2.09. The smallest absolute Gasteiger partial charge is 0.0701 e. The molecule has 2 heterocycles. The highest BCUT2D eigenvalue weighted by atomic mass is 79.9. The third-order valence-electron chi connectivity index (χ3n) is 2.66. The van der Waals surface area contributed by atoms with E-state index in [0.29, 0.717) is 0 Å². The minimum Gasteiger partial charge on any atom is -0.143 e. The molecule has 86 valence electrons. The van der Waals surface area contributed by atoms with Gasteiger partial charge in [-0.25, -0.2) is 0 Å². The van der Waals surface area contributed by atoms with Crippen LogP contribution >= 0.6 is 54.5 Å². The van der Waals surface area contributed by atoms with Crippen LogP contribution in [0.2, 0.25) is 0 Å². The molecule has 3 aromatic rings. The predicted octanol–water partition coefficient (Wildman–Crippen LogP) is 6.21. The SMILES string of the molecule is Brc1cc(C(Br)c2csc3ccccc23)cs1. The van der Waals surface area contributed by atoms with Gasteiger partial charge in [0.1, 0.15) is 0 Å². The van der Waals surface area contributed by atoms with E-state index in [2.05, 4.69) is 73.0 Å². The number of halogens is 2. The van der Waals surface area contributed by atoms with E-state index in [0.717, 1.165) is 0 Å². The molecule has 2 aromatic heterocycles. The fraction of sp³-hybridized carbons (Fsp3) is 0.0769. The van der Waals surface area contributed by atoms with Gasteiger partial charge in [0.25, 0.3) is 0 Å². The molecule has 0 bridgehead atoms. The highest BCUT2D eigenvalue weighted by Crippen LogP contribution is 2.40. The second kappa shape index (κ2) is 4.84. The molecule has 0 aliphatic heterocycles. The van der Waals surface area contributed by atoms with Crippen molar-refractivity contribution in [2.45, 2.75) is 4.83 Å². The number of benzene rings is 1. The molecule has 0 fully saturated rings. The van der Waals surface area contributed by atoms with Crippen LogP contribution in [0.4, 0.5) is 0 Å². The quantitative estimate of drug-likeness (QED) is 0.458. The minimum absolute atomic E-state index is 0.279. The number of hydrogen-bond acceptors (Lipinski definition) is 2. The fourth-order valence-electron chi connectivity index (χ4n) is 1.83. The molecule has 0 nitrogen and oxygen atoms in total. The van der Waals surface area contributed by atoms with E-state index >= 15 is 0 Å². The summed E-state index contributed by atoms with van der Waals surface area (Å²) < 4.78 is 2.53. The van der Waals surface area contributed by atoms with Crippen LogP contribution in [0.25, 0.3) is 10.1 Å². The zero-order valence-electron chi connectivity index (χ0n) is 8.69. The zero-order chi connectivity index (χ0) is 11.8. The van der Waals surface area contributed by atoms with E-state index in [9.17, 15) is 0 Å². The lowest BCUT2D eigenvalue weighted by molar-refractivity contribution is 1.23. The largest absolute Gasteiger partial charge is 0.143 e. The number of alkyl halides is 1. The molecule has 0 spiro atoms. The predicted molar refractivity (Wildman–Crippen MR) is 84.6 cm³/mol. The van der Waals surface area contributed by atoms with Gasteiger partial charge in [-0.3, -0.25) is 0 Å². The van der Waals surface area contributed by atoms with Crippen LogP contribution in [0.3, 0.4) is 0 Å². The van der Waals surface area contributed by atoms with Crippen molar-refractivity contribution in [3.05, 3.63) is 56.0 Å². The van der Waals surface area contributed by atoms with Gasteiger partial charge in [-0.2, -0.15) is 0 Å². The molecule has 0 aliphatic carbocycles. The first kappa shape index (κ1) is 11.9.